The number of H-pyrrole nitrogens is 1. The molecule has 0 spiro atoms. The lowest BCUT2D eigenvalue weighted by molar-refractivity contribution is -0.139. The molecule has 0 aliphatic carbocycles. The van der Waals surface area contributed by atoms with Gasteiger partial charge in [0, 0.05) is 29.9 Å². The van der Waals surface area contributed by atoms with Gasteiger partial charge in [0.25, 0.3) is 0 Å². The van der Waals surface area contributed by atoms with Crippen LogP contribution in [0.15, 0.2) is 60.1 Å². The number of nitrogens with zero attached hydrogens (tertiary/aromatic N) is 1. The smallest absolute Gasteiger partial charge is 0.355 e. The number of carbonyl (C=O) groups excluding carboxylic acids is 2. The van der Waals surface area contributed by atoms with Crippen molar-refractivity contribution in [3.05, 3.63) is 60.1 Å². The van der Waals surface area contributed by atoms with Gasteiger partial charge in [-0.15, -0.1) is 0 Å². The fraction of sp³-hybridized carbons (Fsp3) is 0.158. The summed E-state index contributed by atoms with van der Waals surface area (Å²) in [5.74, 6) is -0.693. The molecule has 1 aliphatic rings. The summed E-state index contributed by atoms with van der Waals surface area (Å²) in [6.45, 7) is 0. The molecule has 0 fully saturated rings. The first-order valence-electron chi connectivity index (χ1n) is 7.80. The van der Waals surface area contributed by atoms with Gasteiger partial charge in [-0.3, -0.25) is 0 Å². The molecule has 0 atom stereocenters. The van der Waals surface area contributed by atoms with E-state index in [9.17, 15) is 9.59 Å². The first-order valence-corrected chi connectivity index (χ1v) is 7.80. The second-order valence-electron chi connectivity index (χ2n) is 5.40. The van der Waals surface area contributed by atoms with E-state index in [4.69, 9.17) is 14.2 Å². The molecular formula is C19H18N2O5. The highest BCUT2D eigenvalue weighted by atomic mass is 16.5. The zero-order valence-electron chi connectivity index (χ0n) is 14.6. The Labute approximate surface area is 150 Å². The molecule has 2 heterocycles. The van der Waals surface area contributed by atoms with Crippen LogP contribution in [0, 0.1) is 0 Å². The summed E-state index contributed by atoms with van der Waals surface area (Å²) in [6, 6.07) is 5.51. The second-order valence-corrected chi connectivity index (χ2v) is 5.40. The molecule has 7 nitrogen and oxygen atoms in total. The summed E-state index contributed by atoms with van der Waals surface area (Å²) in [6.07, 6.45) is 8.36. The third-order valence-corrected chi connectivity index (χ3v) is 4.00. The first kappa shape index (κ1) is 17.3. The Balaban J connectivity index is 2.29. The van der Waals surface area contributed by atoms with Crippen LogP contribution >= 0.6 is 0 Å². The number of nitrogens with one attached hydrogen (secondary N) is 1. The standard InChI is InChI=1S/C19H18N2O5/c1-24-12-10-15-13(7-8-20-15)16(11-12)21-9-5-4-6-14(18(22)25-2)17(21)19(23)26-3/h4-11,20H,1-3H3. The summed E-state index contributed by atoms with van der Waals surface area (Å²) in [4.78, 5) is 29.5. The molecule has 0 saturated carbocycles. The van der Waals surface area contributed by atoms with Crippen LogP contribution in [0.25, 0.3) is 10.9 Å². The highest BCUT2D eigenvalue weighted by Crippen LogP contribution is 2.35. The molecule has 7 heteroatoms. The molecule has 1 N–H and O–H groups in total. The normalized spacial score (nSPS) is 13.7. The zero-order valence-corrected chi connectivity index (χ0v) is 14.6. The number of methoxy groups -OCH3 is 3. The summed E-state index contributed by atoms with van der Waals surface area (Å²) < 4.78 is 15.1. The highest BCUT2D eigenvalue weighted by Gasteiger charge is 2.28. The van der Waals surface area contributed by atoms with Crippen LogP contribution in [-0.2, 0) is 19.1 Å². The van der Waals surface area contributed by atoms with Gasteiger partial charge in [0.1, 0.15) is 11.4 Å². The Morgan fingerprint density at radius 2 is 1.81 bits per heavy atom. The van der Waals surface area contributed by atoms with Crippen LogP contribution in [0.2, 0.25) is 0 Å². The predicted octanol–water partition coefficient (Wildman–Crippen LogP) is 2.67. The lowest BCUT2D eigenvalue weighted by Crippen LogP contribution is -2.27. The number of esters is 2. The fourth-order valence-corrected chi connectivity index (χ4v) is 2.79. The molecule has 26 heavy (non-hydrogen) atoms. The summed E-state index contributed by atoms with van der Waals surface area (Å²) in [5, 5.41) is 0.850. The van der Waals surface area contributed by atoms with Crippen LogP contribution in [0.1, 0.15) is 0 Å². The number of hydrogen-bond acceptors (Lipinski definition) is 6. The number of hydrogen-bond donors (Lipinski definition) is 1. The lowest BCUT2D eigenvalue weighted by atomic mass is 10.1. The van der Waals surface area contributed by atoms with Gasteiger partial charge < -0.3 is 24.1 Å². The molecule has 2 aromatic rings. The van der Waals surface area contributed by atoms with Crippen LogP contribution in [0.5, 0.6) is 5.75 Å². The number of carbonyl (C=O) groups is 2. The molecule has 0 saturated heterocycles. The molecular weight excluding hydrogens is 336 g/mol. The van der Waals surface area contributed by atoms with E-state index in [1.807, 2.05) is 12.1 Å². The minimum atomic E-state index is -0.659. The molecule has 0 bridgehead atoms. The van der Waals surface area contributed by atoms with E-state index in [0.29, 0.717) is 11.4 Å². The van der Waals surface area contributed by atoms with Crippen molar-refractivity contribution < 1.29 is 23.8 Å². The molecule has 1 aromatic carbocycles. The Hall–Kier alpha value is -3.48. The minimum absolute atomic E-state index is 0.0557. The number of fused-ring (bicyclic) bond motifs is 1. The van der Waals surface area contributed by atoms with Crippen molar-refractivity contribution in [3.63, 3.8) is 0 Å². The average molecular weight is 354 g/mol. The van der Waals surface area contributed by atoms with E-state index < -0.39 is 11.9 Å². The second kappa shape index (κ2) is 7.18. The van der Waals surface area contributed by atoms with Crippen LogP contribution in [0.3, 0.4) is 0 Å². The van der Waals surface area contributed by atoms with E-state index in [1.165, 1.54) is 20.3 Å². The molecule has 134 valence electrons. The van der Waals surface area contributed by atoms with Gasteiger partial charge in [-0.2, -0.15) is 0 Å². The topological polar surface area (TPSA) is 80.9 Å². The van der Waals surface area contributed by atoms with E-state index in [1.54, 1.807) is 42.6 Å². The predicted molar refractivity (Wildman–Crippen MR) is 96.7 cm³/mol. The zero-order chi connectivity index (χ0) is 18.7. The van der Waals surface area contributed by atoms with E-state index in [0.717, 1.165) is 10.9 Å². The number of ether oxygens (including phenoxy) is 3. The quantitative estimate of drug-likeness (QED) is 0.850. The number of aromatic amines is 1. The summed E-state index contributed by atoms with van der Waals surface area (Å²) in [5.41, 5.74) is 1.63. The van der Waals surface area contributed by atoms with Crippen molar-refractivity contribution >= 4 is 28.5 Å². The number of allylic oxidation sites excluding steroid dienone is 2. The molecule has 0 radical (unpaired) electrons. The number of rotatable bonds is 4. The van der Waals surface area contributed by atoms with Gasteiger partial charge in [0.15, 0.2) is 0 Å². The largest absolute Gasteiger partial charge is 0.497 e. The molecule has 0 unspecified atom stereocenters. The van der Waals surface area contributed by atoms with Gasteiger partial charge in [0.05, 0.1) is 38.1 Å². The Kier molecular flexibility index (Phi) is 4.79. The van der Waals surface area contributed by atoms with Gasteiger partial charge >= 0.3 is 11.9 Å². The van der Waals surface area contributed by atoms with E-state index >= 15 is 0 Å². The lowest BCUT2D eigenvalue weighted by Gasteiger charge is -2.24. The number of aromatic nitrogens is 1. The Morgan fingerprint density at radius 1 is 1.04 bits per heavy atom. The van der Waals surface area contributed by atoms with Gasteiger partial charge in [-0.05, 0) is 18.2 Å². The number of anilines is 1. The maximum atomic E-state index is 12.5. The molecule has 1 aromatic heterocycles. The van der Waals surface area contributed by atoms with Gasteiger partial charge in [-0.25, -0.2) is 9.59 Å². The van der Waals surface area contributed by atoms with E-state index in [2.05, 4.69) is 4.98 Å². The highest BCUT2D eigenvalue weighted by molar-refractivity contribution is 6.07. The van der Waals surface area contributed by atoms with Gasteiger partial charge in [0.2, 0.25) is 0 Å². The molecule has 1 aliphatic heterocycles. The van der Waals surface area contributed by atoms with Crippen LogP contribution in [-0.4, -0.2) is 38.3 Å². The van der Waals surface area contributed by atoms with Crippen molar-refractivity contribution in [1.29, 1.82) is 0 Å². The van der Waals surface area contributed by atoms with Crippen molar-refractivity contribution in [2.24, 2.45) is 0 Å². The molecule has 3 rings (SSSR count). The SMILES string of the molecule is COC(=O)C1=C(C(=O)OC)N(c2cc(OC)cc3[nH]ccc23)C=CC=C1. The van der Waals surface area contributed by atoms with Gasteiger partial charge in [-0.1, -0.05) is 6.08 Å². The van der Waals surface area contributed by atoms with Crippen molar-refractivity contribution in [3.8, 4) is 5.75 Å². The molecule has 0 amide bonds. The summed E-state index contributed by atoms with van der Waals surface area (Å²) in [7, 11) is 4.08. The summed E-state index contributed by atoms with van der Waals surface area (Å²) >= 11 is 0. The van der Waals surface area contributed by atoms with Crippen LogP contribution in [0.4, 0.5) is 5.69 Å². The maximum absolute atomic E-state index is 12.5. The maximum Gasteiger partial charge on any atom is 0.355 e. The van der Waals surface area contributed by atoms with Crippen LogP contribution < -0.4 is 9.64 Å². The monoisotopic (exact) mass is 354 g/mol. The van der Waals surface area contributed by atoms with Crippen molar-refractivity contribution in [2.45, 2.75) is 0 Å². The fourth-order valence-electron chi connectivity index (χ4n) is 2.79. The third kappa shape index (κ3) is 2.95. The Morgan fingerprint density at radius 3 is 2.50 bits per heavy atom. The first-order chi connectivity index (χ1) is 12.6. The van der Waals surface area contributed by atoms with E-state index in [-0.39, 0.29) is 11.3 Å². The minimum Gasteiger partial charge on any atom is -0.497 e. The Bertz CT molecular complexity index is 952. The average Bonchev–Trinajstić information content (AvgIpc) is 3.04. The number of benzene rings is 1. The van der Waals surface area contributed by atoms with Crippen molar-refractivity contribution in [1.82, 2.24) is 4.98 Å². The third-order valence-electron chi connectivity index (χ3n) is 4.00. The van der Waals surface area contributed by atoms with Crippen molar-refractivity contribution in [2.75, 3.05) is 26.2 Å².